The normalized spacial score (nSPS) is 28.7. The monoisotopic (exact) mass is 479 g/mol. The van der Waals surface area contributed by atoms with Gasteiger partial charge in [-0.1, -0.05) is 23.7 Å². The average Bonchev–Trinajstić information content (AvgIpc) is 3.42. The molecule has 8 nitrogen and oxygen atoms in total. The van der Waals surface area contributed by atoms with E-state index in [1.165, 1.54) is 0 Å². The summed E-state index contributed by atoms with van der Waals surface area (Å²) in [4.78, 5) is 13.4. The van der Waals surface area contributed by atoms with Gasteiger partial charge in [0.1, 0.15) is 29.0 Å². The maximum Gasteiger partial charge on any atom is 0.164 e. The van der Waals surface area contributed by atoms with E-state index in [1.54, 1.807) is 0 Å². The molecule has 1 saturated heterocycles. The SMILES string of the molecule is Cc1nc(C)c2ccn([C@@H]3O[C@@H]4[C@H](Cc5ccc6cc(Cl)c(N)nc6c5)CC[C@]4(O)C3O)c2n1. The maximum atomic E-state index is 11.5. The van der Waals surface area contributed by atoms with Crippen molar-refractivity contribution in [3.8, 4) is 0 Å². The van der Waals surface area contributed by atoms with Crippen molar-refractivity contribution in [1.82, 2.24) is 19.5 Å². The lowest BCUT2D eigenvalue weighted by molar-refractivity contribution is -0.0675. The van der Waals surface area contributed by atoms with Crippen molar-refractivity contribution < 1.29 is 14.9 Å². The third kappa shape index (κ3) is 3.20. The van der Waals surface area contributed by atoms with Crippen LogP contribution < -0.4 is 5.73 Å². The molecule has 0 radical (unpaired) electrons. The molecule has 34 heavy (non-hydrogen) atoms. The number of aryl methyl sites for hydroxylation is 2. The lowest BCUT2D eigenvalue weighted by Crippen LogP contribution is -2.45. The molecule has 1 unspecified atom stereocenters. The summed E-state index contributed by atoms with van der Waals surface area (Å²) >= 11 is 6.10. The van der Waals surface area contributed by atoms with Crippen molar-refractivity contribution in [3.63, 3.8) is 0 Å². The zero-order valence-corrected chi connectivity index (χ0v) is 19.7. The number of nitrogens with zero attached hydrogens (tertiary/aromatic N) is 4. The van der Waals surface area contributed by atoms with E-state index in [0.717, 1.165) is 34.0 Å². The molecule has 9 heteroatoms. The van der Waals surface area contributed by atoms with Gasteiger partial charge in [-0.25, -0.2) is 15.0 Å². The topological polar surface area (TPSA) is 119 Å². The highest BCUT2D eigenvalue weighted by molar-refractivity contribution is 6.33. The van der Waals surface area contributed by atoms with Gasteiger partial charge < -0.3 is 25.3 Å². The van der Waals surface area contributed by atoms with Gasteiger partial charge in [-0.05, 0) is 62.8 Å². The van der Waals surface area contributed by atoms with Crippen molar-refractivity contribution in [3.05, 3.63) is 58.6 Å². The summed E-state index contributed by atoms with van der Waals surface area (Å²) in [6, 6.07) is 9.76. The third-order valence-electron chi connectivity index (χ3n) is 7.41. The van der Waals surface area contributed by atoms with Crippen LogP contribution in [0, 0.1) is 19.8 Å². The molecule has 4 heterocycles. The number of benzene rings is 1. The van der Waals surface area contributed by atoms with Gasteiger partial charge in [-0.2, -0.15) is 0 Å². The molecule has 0 amide bonds. The van der Waals surface area contributed by atoms with Crippen LogP contribution in [0.25, 0.3) is 21.9 Å². The number of rotatable bonds is 3. The Bertz CT molecular complexity index is 1440. The van der Waals surface area contributed by atoms with Crippen LogP contribution in [-0.2, 0) is 11.2 Å². The molecule has 4 N–H and O–H groups in total. The molecule has 2 fully saturated rings. The highest BCUT2D eigenvalue weighted by atomic mass is 35.5. The van der Waals surface area contributed by atoms with Gasteiger partial charge in [0.15, 0.2) is 6.23 Å². The molecule has 1 saturated carbocycles. The molecule has 0 spiro atoms. The van der Waals surface area contributed by atoms with Crippen molar-refractivity contribution >= 4 is 39.4 Å². The number of hydrogen-bond donors (Lipinski definition) is 3. The van der Waals surface area contributed by atoms with Gasteiger partial charge in [0, 0.05) is 17.0 Å². The highest BCUT2D eigenvalue weighted by Crippen LogP contribution is 2.50. The van der Waals surface area contributed by atoms with E-state index in [0.29, 0.717) is 35.2 Å². The first-order valence-corrected chi connectivity index (χ1v) is 11.8. The van der Waals surface area contributed by atoms with Gasteiger partial charge in [0.2, 0.25) is 0 Å². The number of halogens is 1. The Kier molecular flexibility index (Phi) is 4.87. The first-order valence-electron chi connectivity index (χ1n) is 11.5. The number of ether oxygens (including phenoxy) is 1. The molecular weight excluding hydrogens is 454 g/mol. The number of pyridine rings is 1. The quantitative estimate of drug-likeness (QED) is 0.411. The van der Waals surface area contributed by atoms with E-state index in [9.17, 15) is 10.2 Å². The lowest BCUT2D eigenvalue weighted by atomic mass is 9.90. The van der Waals surface area contributed by atoms with Crippen LogP contribution in [0.1, 0.15) is 36.2 Å². The Hall–Kier alpha value is -2.78. The van der Waals surface area contributed by atoms with Gasteiger partial charge in [-0.3, -0.25) is 0 Å². The molecule has 0 bridgehead atoms. The lowest BCUT2D eigenvalue weighted by Gasteiger charge is -2.26. The highest BCUT2D eigenvalue weighted by Gasteiger charge is 2.61. The number of anilines is 1. The Morgan fingerprint density at radius 1 is 1.21 bits per heavy atom. The summed E-state index contributed by atoms with van der Waals surface area (Å²) in [5, 5.41) is 24.9. The van der Waals surface area contributed by atoms with Crippen LogP contribution in [0.2, 0.25) is 5.02 Å². The summed E-state index contributed by atoms with van der Waals surface area (Å²) in [6.45, 7) is 3.78. The molecule has 1 aliphatic heterocycles. The summed E-state index contributed by atoms with van der Waals surface area (Å²) in [5.74, 6) is 1.01. The van der Waals surface area contributed by atoms with Crippen LogP contribution in [0.5, 0.6) is 0 Å². The van der Waals surface area contributed by atoms with E-state index in [1.807, 2.05) is 54.9 Å². The molecule has 5 atom stereocenters. The fraction of sp³-hybridized carbons (Fsp3) is 0.400. The number of fused-ring (bicyclic) bond motifs is 3. The number of nitrogens with two attached hydrogens (primary N) is 1. The smallest absolute Gasteiger partial charge is 0.164 e. The first-order chi connectivity index (χ1) is 16.2. The maximum absolute atomic E-state index is 11.5. The summed E-state index contributed by atoms with van der Waals surface area (Å²) in [5.41, 5.74) is 8.00. The summed E-state index contributed by atoms with van der Waals surface area (Å²) < 4.78 is 8.21. The van der Waals surface area contributed by atoms with Crippen molar-refractivity contribution in [2.75, 3.05) is 5.73 Å². The fourth-order valence-electron chi connectivity index (χ4n) is 5.72. The predicted molar refractivity (Wildman–Crippen MR) is 129 cm³/mol. The van der Waals surface area contributed by atoms with Crippen molar-refractivity contribution in [2.45, 2.75) is 57.1 Å². The minimum Gasteiger partial charge on any atom is -0.385 e. The molecule has 6 rings (SSSR count). The van der Waals surface area contributed by atoms with Gasteiger partial charge in [-0.15, -0.1) is 0 Å². The van der Waals surface area contributed by atoms with Crippen LogP contribution in [0.3, 0.4) is 0 Å². The van der Waals surface area contributed by atoms with Crippen LogP contribution >= 0.6 is 11.6 Å². The second-order valence-corrected chi connectivity index (χ2v) is 9.99. The molecule has 1 aromatic carbocycles. The molecule has 176 valence electrons. The van der Waals surface area contributed by atoms with Gasteiger partial charge in [0.05, 0.1) is 22.3 Å². The first kappa shape index (κ1) is 21.7. The van der Waals surface area contributed by atoms with Crippen molar-refractivity contribution in [2.24, 2.45) is 5.92 Å². The van der Waals surface area contributed by atoms with Gasteiger partial charge in [0.25, 0.3) is 0 Å². The van der Waals surface area contributed by atoms with Gasteiger partial charge >= 0.3 is 0 Å². The summed E-state index contributed by atoms with van der Waals surface area (Å²) in [7, 11) is 0. The third-order valence-corrected chi connectivity index (χ3v) is 7.72. The van der Waals surface area contributed by atoms with Crippen LogP contribution in [0.4, 0.5) is 5.82 Å². The van der Waals surface area contributed by atoms with E-state index in [2.05, 4.69) is 15.0 Å². The molecule has 2 aliphatic rings. The molecule has 4 aromatic rings. The van der Waals surface area contributed by atoms with E-state index in [4.69, 9.17) is 22.1 Å². The minimum atomic E-state index is -1.31. The zero-order valence-electron chi connectivity index (χ0n) is 18.9. The largest absolute Gasteiger partial charge is 0.385 e. The number of nitrogen functional groups attached to an aromatic ring is 1. The Labute approximate surface area is 201 Å². The van der Waals surface area contributed by atoms with E-state index >= 15 is 0 Å². The second-order valence-electron chi connectivity index (χ2n) is 9.59. The van der Waals surface area contributed by atoms with E-state index in [-0.39, 0.29) is 5.92 Å². The average molecular weight is 480 g/mol. The Balaban J connectivity index is 1.30. The van der Waals surface area contributed by atoms with Crippen LogP contribution in [0.15, 0.2) is 36.5 Å². The minimum absolute atomic E-state index is 0.0478. The van der Waals surface area contributed by atoms with Crippen LogP contribution in [-0.4, -0.2) is 47.5 Å². The molecule has 1 aliphatic carbocycles. The number of aliphatic hydroxyl groups is 2. The standard InChI is InChI=1S/C25H26ClN5O3/c1-12-17-6-8-31(23(17)29-13(2)28-12)24-20(32)25(33)7-5-16(21(25)34-24)9-14-3-4-15-11-18(26)22(27)30-19(15)10-14/h3-4,6,8,10-11,16,20-21,24,32-33H,5,7,9H2,1-2H3,(H2,27,30)/t16-,20?,21+,24+,25-/m0/s1. The molecule has 3 aromatic heterocycles. The fourth-order valence-corrected chi connectivity index (χ4v) is 5.88. The zero-order chi connectivity index (χ0) is 23.8. The number of hydrogen-bond acceptors (Lipinski definition) is 7. The number of aliphatic hydroxyl groups excluding tert-OH is 1. The predicted octanol–water partition coefficient (Wildman–Crippen LogP) is 3.47. The molecular formula is C25H26ClN5O3. The van der Waals surface area contributed by atoms with E-state index < -0.39 is 24.0 Å². The number of aromatic nitrogens is 4. The van der Waals surface area contributed by atoms with Crippen molar-refractivity contribution in [1.29, 1.82) is 0 Å². The Morgan fingerprint density at radius 3 is 2.85 bits per heavy atom. The summed E-state index contributed by atoms with van der Waals surface area (Å²) in [6.07, 6.45) is 1.50. The Morgan fingerprint density at radius 2 is 2.03 bits per heavy atom. The second kappa shape index (κ2) is 7.61.